The highest BCUT2D eigenvalue weighted by atomic mass is 16.1. The molecule has 0 saturated heterocycles. The van der Waals surface area contributed by atoms with Crippen molar-refractivity contribution in [1.29, 1.82) is 0 Å². The first kappa shape index (κ1) is 16.1. The number of aromatic nitrogens is 4. The van der Waals surface area contributed by atoms with Crippen LogP contribution in [0.15, 0.2) is 42.9 Å². The van der Waals surface area contributed by atoms with Gasteiger partial charge in [0.1, 0.15) is 5.56 Å². The van der Waals surface area contributed by atoms with E-state index in [1.54, 1.807) is 23.1 Å². The number of amides is 1. The molecule has 1 N–H and O–H groups in total. The van der Waals surface area contributed by atoms with E-state index >= 15 is 0 Å². The molecule has 0 fully saturated rings. The van der Waals surface area contributed by atoms with E-state index in [4.69, 9.17) is 0 Å². The molecule has 124 valence electrons. The largest absolute Gasteiger partial charge is 0.352 e. The van der Waals surface area contributed by atoms with Gasteiger partial charge in [0.25, 0.3) is 5.91 Å². The Kier molecular flexibility index (Phi) is 4.81. The quantitative estimate of drug-likeness (QED) is 0.695. The number of nitrogens with one attached hydrogen (secondary N) is 1. The zero-order chi connectivity index (χ0) is 16.9. The molecule has 3 rings (SSSR count). The van der Waals surface area contributed by atoms with Crippen LogP contribution in [0, 0.1) is 0 Å². The summed E-state index contributed by atoms with van der Waals surface area (Å²) in [6.45, 7) is 1.55. The van der Waals surface area contributed by atoms with E-state index in [1.807, 2.05) is 38.4 Å². The third-order valence-corrected chi connectivity index (χ3v) is 3.64. The fraction of sp³-hybridized carbons (Fsp3) is 0.294. The Morgan fingerprint density at radius 2 is 2.08 bits per heavy atom. The van der Waals surface area contributed by atoms with Gasteiger partial charge < -0.3 is 10.2 Å². The van der Waals surface area contributed by atoms with E-state index in [-0.39, 0.29) is 5.91 Å². The Morgan fingerprint density at radius 3 is 2.83 bits per heavy atom. The molecule has 3 aromatic rings. The molecule has 1 amide bonds. The lowest BCUT2D eigenvalue weighted by Crippen LogP contribution is -2.27. The van der Waals surface area contributed by atoms with Crippen LogP contribution in [0.1, 0.15) is 16.8 Å². The maximum absolute atomic E-state index is 12.4. The van der Waals surface area contributed by atoms with Crippen molar-refractivity contribution in [3.05, 3.63) is 48.4 Å². The number of fused-ring (bicyclic) bond motifs is 1. The minimum atomic E-state index is -0.158. The van der Waals surface area contributed by atoms with Crippen LogP contribution in [-0.2, 0) is 0 Å². The van der Waals surface area contributed by atoms with Crippen LogP contribution >= 0.6 is 0 Å². The van der Waals surface area contributed by atoms with Crippen molar-refractivity contribution in [2.75, 3.05) is 27.2 Å². The predicted molar refractivity (Wildman–Crippen MR) is 91.7 cm³/mol. The van der Waals surface area contributed by atoms with E-state index in [0.717, 1.165) is 24.4 Å². The maximum Gasteiger partial charge on any atom is 0.256 e. The van der Waals surface area contributed by atoms with Gasteiger partial charge in [-0.15, -0.1) is 0 Å². The lowest BCUT2D eigenvalue weighted by atomic mass is 10.2. The van der Waals surface area contributed by atoms with Crippen LogP contribution in [0.2, 0.25) is 0 Å². The molecule has 0 unspecified atom stereocenters. The lowest BCUT2D eigenvalue weighted by molar-refractivity contribution is 0.0953. The average molecular weight is 324 g/mol. The highest BCUT2D eigenvalue weighted by Gasteiger charge is 2.16. The number of hydrogen-bond acceptors (Lipinski definition) is 5. The number of carbonyl (C=O) groups excluding carboxylic acids is 1. The van der Waals surface area contributed by atoms with Crippen LogP contribution in [-0.4, -0.2) is 57.6 Å². The van der Waals surface area contributed by atoms with Crippen molar-refractivity contribution in [2.45, 2.75) is 6.42 Å². The topological polar surface area (TPSA) is 75.4 Å². The summed E-state index contributed by atoms with van der Waals surface area (Å²) >= 11 is 0. The van der Waals surface area contributed by atoms with E-state index in [9.17, 15) is 4.79 Å². The van der Waals surface area contributed by atoms with E-state index in [1.165, 1.54) is 0 Å². The number of nitrogens with zero attached hydrogens (tertiary/aromatic N) is 5. The summed E-state index contributed by atoms with van der Waals surface area (Å²) in [6.07, 6.45) is 5.84. The molecule has 0 bridgehead atoms. The summed E-state index contributed by atoms with van der Waals surface area (Å²) in [6, 6.07) is 7.51. The van der Waals surface area contributed by atoms with Crippen molar-refractivity contribution < 1.29 is 4.79 Å². The second-order valence-electron chi connectivity index (χ2n) is 5.75. The summed E-state index contributed by atoms with van der Waals surface area (Å²) < 4.78 is 1.65. The summed E-state index contributed by atoms with van der Waals surface area (Å²) in [7, 11) is 4.02. The molecule has 3 aromatic heterocycles. The van der Waals surface area contributed by atoms with Crippen LogP contribution in [0.4, 0.5) is 0 Å². The van der Waals surface area contributed by atoms with Gasteiger partial charge in [-0.3, -0.25) is 9.78 Å². The molecule has 0 saturated carbocycles. The van der Waals surface area contributed by atoms with Gasteiger partial charge in [-0.05, 0) is 45.3 Å². The van der Waals surface area contributed by atoms with Gasteiger partial charge in [0, 0.05) is 18.9 Å². The Hall–Kier alpha value is -2.80. The van der Waals surface area contributed by atoms with Gasteiger partial charge in [0.2, 0.25) is 0 Å². The van der Waals surface area contributed by atoms with Gasteiger partial charge >= 0.3 is 0 Å². The smallest absolute Gasteiger partial charge is 0.256 e. The first-order chi connectivity index (χ1) is 11.7. The second kappa shape index (κ2) is 7.18. The molecular formula is C17H20N6O. The molecule has 3 heterocycles. The number of pyridine rings is 1. The molecule has 0 aliphatic heterocycles. The monoisotopic (exact) mass is 324 g/mol. The summed E-state index contributed by atoms with van der Waals surface area (Å²) in [4.78, 5) is 23.1. The van der Waals surface area contributed by atoms with Crippen molar-refractivity contribution in [3.63, 3.8) is 0 Å². The van der Waals surface area contributed by atoms with Crippen molar-refractivity contribution >= 4 is 11.6 Å². The third kappa shape index (κ3) is 3.41. The molecular weight excluding hydrogens is 304 g/mol. The van der Waals surface area contributed by atoms with Crippen molar-refractivity contribution in [1.82, 2.24) is 29.8 Å². The van der Waals surface area contributed by atoms with Crippen LogP contribution in [0.5, 0.6) is 0 Å². The number of rotatable bonds is 6. The highest BCUT2D eigenvalue weighted by Crippen LogP contribution is 2.18. The molecule has 7 heteroatoms. The Labute approximate surface area is 140 Å². The minimum absolute atomic E-state index is 0.158. The molecule has 0 atom stereocenters. The SMILES string of the molecule is CN(C)CCCNC(=O)c1cnn2c(-c3ccccn3)ccnc12. The van der Waals surface area contributed by atoms with E-state index in [0.29, 0.717) is 17.8 Å². The average Bonchev–Trinajstić information content (AvgIpc) is 3.03. The molecule has 0 spiro atoms. The molecule has 24 heavy (non-hydrogen) atoms. The van der Waals surface area contributed by atoms with E-state index in [2.05, 4.69) is 25.3 Å². The number of hydrogen-bond donors (Lipinski definition) is 1. The first-order valence-electron chi connectivity index (χ1n) is 7.84. The number of carbonyl (C=O) groups is 1. The van der Waals surface area contributed by atoms with Gasteiger partial charge in [0.05, 0.1) is 17.6 Å². The third-order valence-electron chi connectivity index (χ3n) is 3.64. The lowest BCUT2D eigenvalue weighted by Gasteiger charge is -2.09. The predicted octanol–water partition coefficient (Wildman–Crippen LogP) is 1.47. The van der Waals surface area contributed by atoms with Gasteiger partial charge in [-0.25, -0.2) is 9.50 Å². The molecule has 0 radical (unpaired) electrons. The Bertz CT molecular complexity index is 827. The normalized spacial score (nSPS) is 11.1. The molecule has 0 aromatic carbocycles. The van der Waals surface area contributed by atoms with E-state index < -0.39 is 0 Å². The van der Waals surface area contributed by atoms with Gasteiger partial charge in [-0.1, -0.05) is 6.07 Å². The van der Waals surface area contributed by atoms with Crippen molar-refractivity contribution in [3.8, 4) is 11.4 Å². The fourth-order valence-corrected chi connectivity index (χ4v) is 2.45. The van der Waals surface area contributed by atoms with Crippen molar-refractivity contribution in [2.24, 2.45) is 0 Å². The fourth-order valence-electron chi connectivity index (χ4n) is 2.45. The standard InChI is InChI=1S/C17H20N6O/c1-22(2)11-5-9-20-17(24)13-12-21-23-15(7-10-19-16(13)23)14-6-3-4-8-18-14/h3-4,6-8,10,12H,5,9,11H2,1-2H3,(H,20,24). The highest BCUT2D eigenvalue weighted by molar-refractivity contribution is 5.99. The summed E-state index contributed by atoms with van der Waals surface area (Å²) in [5.41, 5.74) is 2.58. The van der Waals surface area contributed by atoms with Crippen LogP contribution in [0.25, 0.3) is 17.0 Å². The zero-order valence-corrected chi connectivity index (χ0v) is 13.8. The maximum atomic E-state index is 12.4. The van der Waals surface area contributed by atoms with Gasteiger partial charge in [0.15, 0.2) is 5.65 Å². The molecule has 0 aliphatic carbocycles. The van der Waals surface area contributed by atoms with Gasteiger partial charge in [-0.2, -0.15) is 5.10 Å². The Morgan fingerprint density at radius 1 is 1.21 bits per heavy atom. The molecule has 7 nitrogen and oxygen atoms in total. The summed E-state index contributed by atoms with van der Waals surface area (Å²) in [5.74, 6) is -0.158. The zero-order valence-electron chi connectivity index (χ0n) is 13.8. The molecule has 0 aliphatic rings. The Balaban J connectivity index is 1.82. The van der Waals surface area contributed by atoms with Crippen LogP contribution in [0.3, 0.4) is 0 Å². The minimum Gasteiger partial charge on any atom is -0.352 e. The van der Waals surface area contributed by atoms with Crippen LogP contribution < -0.4 is 5.32 Å². The first-order valence-corrected chi connectivity index (χ1v) is 7.84. The second-order valence-corrected chi connectivity index (χ2v) is 5.75. The summed E-state index contributed by atoms with van der Waals surface area (Å²) in [5, 5.41) is 7.23.